The first-order chi connectivity index (χ1) is 11.6. The Morgan fingerprint density at radius 1 is 1.29 bits per heavy atom. The number of nitrogens with zero attached hydrogens (tertiary/aromatic N) is 3. The fourth-order valence-corrected chi connectivity index (χ4v) is 3.71. The lowest BCUT2D eigenvalue weighted by Crippen LogP contribution is -2.57. The van der Waals surface area contributed by atoms with Gasteiger partial charge in [-0.05, 0) is 43.4 Å². The van der Waals surface area contributed by atoms with Gasteiger partial charge in [0.15, 0.2) is 11.6 Å². The first-order valence-electron chi connectivity index (χ1n) is 8.28. The predicted octanol–water partition coefficient (Wildman–Crippen LogP) is 3.61. The molecule has 2 aliphatic rings. The third kappa shape index (κ3) is 2.62. The molecule has 1 N–H and O–H groups in total. The monoisotopic (exact) mass is 326 g/mol. The van der Waals surface area contributed by atoms with E-state index in [4.69, 9.17) is 0 Å². The number of rotatable bonds is 2. The van der Waals surface area contributed by atoms with Crippen LogP contribution in [0.2, 0.25) is 0 Å². The van der Waals surface area contributed by atoms with Crippen LogP contribution in [0, 0.1) is 18.7 Å². The lowest BCUT2D eigenvalue weighted by Gasteiger charge is -2.44. The second-order valence-electron chi connectivity index (χ2n) is 6.60. The smallest absolute Gasteiger partial charge is 0.321 e. The van der Waals surface area contributed by atoms with Gasteiger partial charge in [-0.25, -0.2) is 19.2 Å². The van der Waals surface area contributed by atoms with Gasteiger partial charge < -0.3 is 10.2 Å². The Morgan fingerprint density at radius 3 is 2.83 bits per heavy atom. The van der Waals surface area contributed by atoms with Gasteiger partial charge in [0.1, 0.15) is 0 Å². The van der Waals surface area contributed by atoms with Crippen molar-refractivity contribution >= 4 is 11.7 Å². The highest BCUT2D eigenvalue weighted by atomic mass is 19.1. The number of carbonyl (C=O) groups excluding carboxylic acids is 1. The van der Waals surface area contributed by atoms with Crippen molar-refractivity contribution in [3.63, 3.8) is 0 Å². The summed E-state index contributed by atoms with van der Waals surface area (Å²) in [5.41, 5.74) is 2.46. The average molecular weight is 326 g/mol. The van der Waals surface area contributed by atoms with E-state index in [9.17, 15) is 9.18 Å². The molecule has 2 aromatic rings. The Kier molecular flexibility index (Phi) is 3.67. The molecular formula is C18H19FN4O. The minimum Gasteiger partial charge on any atom is -0.321 e. The van der Waals surface area contributed by atoms with E-state index in [0.29, 0.717) is 23.5 Å². The molecule has 1 aromatic heterocycles. The Balaban J connectivity index is 1.53. The van der Waals surface area contributed by atoms with Gasteiger partial charge in [0.25, 0.3) is 0 Å². The predicted molar refractivity (Wildman–Crippen MR) is 89.0 cm³/mol. The molecule has 0 radical (unpaired) electrons. The highest BCUT2D eigenvalue weighted by Crippen LogP contribution is 2.39. The number of halogens is 1. The summed E-state index contributed by atoms with van der Waals surface area (Å²) < 4.78 is 13.0. The van der Waals surface area contributed by atoms with Crippen molar-refractivity contribution < 1.29 is 9.18 Å². The standard InChI is InChI=1S/C18H19FN4O/c1-11-5-6-14(7-15(11)17-20-8-13(19)9-21-17)22-18(24)23-10-12-3-2-4-16(12)23/h5-9,12,16H,2-4,10H2,1H3,(H,22,24)/t12-,16-/m1/s1. The summed E-state index contributed by atoms with van der Waals surface area (Å²) in [7, 11) is 0. The van der Waals surface area contributed by atoms with Crippen LogP contribution in [0.1, 0.15) is 24.8 Å². The highest BCUT2D eigenvalue weighted by Gasteiger charge is 2.44. The molecule has 2 fully saturated rings. The number of nitrogens with one attached hydrogen (secondary N) is 1. The Hall–Kier alpha value is -2.50. The Bertz CT molecular complexity index is 777. The third-order valence-electron chi connectivity index (χ3n) is 5.06. The van der Waals surface area contributed by atoms with Crippen molar-refractivity contribution in [1.82, 2.24) is 14.9 Å². The fraction of sp³-hybridized carbons (Fsp3) is 0.389. The molecular weight excluding hydrogens is 307 g/mol. The van der Waals surface area contributed by atoms with Gasteiger partial charge in [-0.3, -0.25) is 0 Å². The number of benzene rings is 1. The van der Waals surface area contributed by atoms with Gasteiger partial charge in [0.2, 0.25) is 0 Å². The minimum atomic E-state index is -0.468. The minimum absolute atomic E-state index is 0.0482. The number of hydrogen-bond donors (Lipinski definition) is 1. The lowest BCUT2D eigenvalue weighted by atomic mass is 9.92. The van der Waals surface area contributed by atoms with E-state index in [1.54, 1.807) is 0 Å². The van der Waals surface area contributed by atoms with Crippen LogP contribution in [0.5, 0.6) is 0 Å². The zero-order valence-corrected chi connectivity index (χ0v) is 13.5. The van der Waals surface area contributed by atoms with Crippen molar-refractivity contribution in [1.29, 1.82) is 0 Å². The number of fused-ring (bicyclic) bond motifs is 1. The molecule has 24 heavy (non-hydrogen) atoms. The maximum atomic E-state index is 13.0. The molecule has 1 aliphatic heterocycles. The van der Waals surface area contributed by atoms with Gasteiger partial charge in [0, 0.05) is 23.8 Å². The Morgan fingerprint density at radius 2 is 2.08 bits per heavy atom. The van der Waals surface area contributed by atoms with Crippen LogP contribution in [0.25, 0.3) is 11.4 Å². The van der Waals surface area contributed by atoms with Gasteiger partial charge in [-0.15, -0.1) is 0 Å². The normalized spacial score (nSPS) is 22.0. The van der Waals surface area contributed by atoms with Crippen LogP contribution in [0.4, 0.5) is 14.9 Å². The molecule has 1 aromatic carbocycles. The quantitative estimate of drug-likeness (QED) is 0.917. The van der Waals surface area contributed by atoms with Crippen molar-refractivity contribution in [3.8, 4) is 11.4 Å². The van der Waals surface area contributed by atoms with Crippen LogP contribution in [-0.2, 0) is 0 Å². The van der Waals surface area contributed by atoms with Gasteiger partial charge in [0.05, 0.1) is 12.4 Å². The summed E-state index contributed by atoms with van der Waals surface area (Å²) in [5.74, 6) is 0.673. The molecule has 0 spiro atoms. The summed E-state index contributed by atoms with van der Waals surface area (Å²) >= 11 is 0. The fourth-order valence-electron chi connectivity index (χ4n) is 3.71. The summed E-state index contributed by atoms with van der Waals surface area (Å²) in [6.07, 6.45) is 5.86. The second-order valence-corrected chi connectivity index (χ2v) is 6.60. The first kappa shape index (κ1) is 15.1. The molecule has 0 bridgehead atoms. The molecule has 1 aliphatic carbocycles. The zero-order valence-electron chi connectivity index (χ0n) is 13.5. The van der Waals surface area contributed by atoms with E-state index >= 15 is 0 Å². The number of aryl methyl sites for hydroxylation is 1. The highest BCUT2D eigenvalue weighted by molar-refractivity contribution is 5.91. The number of carbonyl (C=O) groups is 1. The molecule has 2 heterocycles. The second kappa shape index (κ2) is 5.85. The number of likely N-dealkylation sites (tertiary alicyclic amines) is 1. The first-order valence-corrected chi connectivity index (χ1v) is 8.28. The zero-order chi connectivity index (χ0) is 16.7. The topological polar surface area (TPSA) is 58.1 Å². The van der Waals surface area contributed by atoms with E-state index in [2.05, 4.69) is 15.3 Å². The summed E-state index contributed by atoms with van der Waals surface area (Å²) in [6.45, 7) is 2.79. The number of hydrogen-bond acceptors (Lipinski definition) is 3. The molecule has 6 heteroatoms. The van der Waals surface area contributed by atoms with Gasteiger partial charge >= 0.3 is 6.03 Å². The molecule has 5 nitrogen and oxygen atoms in total. The lowest BCUT2D eigenvalue weighted by molar-refractivity contribution is 0.0797. The number of urea groups is 1. The SMILES string of the molecule is Cc1ccc(NC(=O)N2C[C@H]3CCC[C@H]32)cc1-c1ncc(F)cn1. The number of anilines is 1. The van der Waals surface area contributed by atoms with Gasteiger partial charge in [-0.1, -0.05) is 12.5 Å². The van der Waals surface area contributed by atoms with Crippen molar-refractivity contribution in [3.05, 3.63) is 42.0 Å². The van der Waals surface area contributed by atoms with E-state index in [1.165, 1.54) is 12.8 Å². The average Bonchev–Trinajstić information content (AvgIpc) is 2.91. The molecule has 124 valence electrons. The number of amides is 2. The Labute approximate surface area is 139 Å². The van der Waals surface area contributed by atoms with Crippen LogP contribution in [-0.4, -0.2) is 33.5 Å². The van der Waals surface area contributed by atoms with E-state index in [1.807, 2.05) is 30.0 Å². The van der Waals surface area contributed by atoms with Crippen molar-refractivity contribution in [2.45, 2.75) is 32.2 Å². The van der Waals surface area contributed by atoms with Crippen LogP contribution in [0.15, 0.2) is 30.6 Å². The maximum Gasteiger partial charge on any atom is 0.322 e. The summed E-state index contributed by atoms with van der Waals surface area (Å²) in [5, 5.41) is 2.96. The molecule has 4 rings (SSSR count). The number of aromatic nitrogens is 2. The van der Waals surface area contributed by atoms with Crippen molar-refractivity contribution in [2.75, 3.05) is 11.9 Å². The molecule has 1 saturated heterocycles. The molecule has 1 saturated carbocycles. The van der Waals surface area contributed by atoms with Crippen molar-refractivity contribution in [2.24, 2.45) is 5.92 Å². The summed E-state index contributed by atoms with van der Waals surface area (Å²) in [4.78, 5) is 22.4. The molecule has 2 amide bonds. The third-order valence-corrected chi connectivity index (χ3v) is 5.06. The largest absolute Gasteiger partial charge is 0.322 e. The van der Waals surface area contributed by atoms with Crippen LogP contribution in [0.3, 0.4) is 0 Å². The maximum absolute atomic E-state index is 13.0. The van der Waals surface area contributed by atoms with Crippen LogP contribution >= 0.6 is 0 Å². The van der Waals surface area contributed by atoms with E-state index in [0.717, 1.165) is 36.5 Å². The van der Waals surface area contributed by atoms with E-state index in [-0.39, 0.29) is 6.03 Å². The van der Waals surface area contributed by atoms with E-state index < -0.39 is 5.82 Å². The molecule has 2 atom stereocenters. The van der Waals surface area contributed by atoms with Gasteiger partial charge in [-0.2, -0.15) is 0 Å². The summed E-state index contributed by atoms with van der Waals surface area (Å²) in [6, 6.07) is 5.98. The molecule has 0 unspecified atom stereocenters. The van der Waals surface area contributed by atoms with Crippen LogP contribution < -0.4 is 5.32 Å².